The lowest BCUT2D eigenvalue weighted by molar-refractivity contribution is -0.117. The monoisotopic (exact) mass is 388 g/mol. The van der Waals surface area contributed by atoms with E-state index in [0.29, 0.717) is 35.3 Å². The Labute approximate surface area is 159 Å². The van der Waals surface area contributed by atoms with E-state index in [1.807, 2.05) is 0 Å². The summed E-state index contributed by atoms with van der Waals surface area (Å²) in [7, 11) is -3.79. The molecule has 0 spiro atoms. The van der Waals surface area contributed by atoms with Gasteiger partial charge in [0, 0.05) is 18.0 Å². The lowest BCUT2D eigenvalue weighted by atomic mass is 10.0. The molecule has 0 radical (unpaired) electrons. The van der Waals surface area contributed by atoms with Crippen LogP contribution in [0.1, 0.15) is 62.3 Å². The number of carbonyl (C=O) groups excluding carboxylic acids is 1. The number of nitrogens with zero attached hydrogens (tertiary/aromatic N) is 3. The Morgan fingerprint density at radius 2 is 1.96 bits per heavy atom. The molecular weight excluding hydrogens is 364 g/mol. The van der Waals surface area contributed by atoms with Crippen LogP contribution in [0.5, 0.6) is 0 Å². The third-order valence-electron chi connectivity index (χ3n) is 5.36. The number of hydrogen-bond donors (Lipinski definition) is 1. The van der Waals surface area contributed by atoms with Crippen molar-refractivity contribution in [3.63, 3.8) is 0 Å². The molecule has 8 heteroatoms. The predicted molar refractivity (Wildman–Crippen MR) is 101 cm³/mol. The van der Waals surface area contributed by atoms with Crippen molar-refractivity contribution in [2.75, 3.05) is 5.32 Å². The van der Waals surface area contributed by atoms with E-state index in [1.54, 1.807) is 19.1 Å². The molecule has 1 aromatic carbocycles. The zero-order valence-corrected chi connectivity index (χ0v) is 16.2. The predicted octanol–water partition coefficient (Wildman–Crippen LogP) is 3.22. The van der Waals surface area contributed by atoms with Gasteiger partial charge in [-0.25, -0.2) is 4.98 Å². The van der Waals surface area contributed by atoms with Crippen molar-refractivity contribution in [2.24, 2.45) is 5.92 Å². The highest BCUT2D eigenvalue weighted by atomic mass is 32.2. The number of aromatic nitrogens is 3. The molecule has 0 aliphatic heterocycles. The van der Waals surface area contributed by atoms with Crippen LogP contribution in [0.25, 0.3) is 0 Å². The van der Waals surface area contributed by atoms with E-state index in [4.69, 9.17) is 0 Å². The molecule has 2 aliphatic carbocycles. The van der Waals surface area contributed by atoms with Gasteiger partial charge in [0.1, 0.15) is 6.33 Å². The fraction of sp³-hybridized carbons (Fsp3) is 0.526. The Bertz CT molecular complexity index is 957. The van der Waals surface area contributed by atoms with Crippen molar-refractivity contribution in [3.8, 4) is 0 Å². The molecule has 0 atom stereocenters. The lowest BCUT2D eigenvalue weighted by Crippen LogP contribution is -2.17. The van der Waals surface area contributed by atoms with E-state index in [2.05, 4.69) is 15.4 Å². The van der Waals surface area contributed by atoms with Gasteiger partial charge in [-0.1, -0.05) is 12.8 Å². The Hall–Kier alpha value is -2.22. The molecule has 2 aliphatic rings. The number of benzene rings is 1. The Balaban J connectivity index is 1.49. The summed E-state index contributed by atoms with van der Waals surface area (Å²) in [4.78, 5) is 16.5. The normalized spacial score (nSPS) is 18.0. The van der Waals surface area contributed by atoms with Gasteiger partial charge >= 0.3 is 0 Å². The Morgan fingerprint density at radius 3 is 2.63 bits per heavy atom. The Kier molecular flexibility index (Phi) is 4.75. The minimum Gasteiger partial charge on any atom is -0.326 e. The molecule has 0 saturated heterocycles. The molecule has 0 bridgehead atoms. The number of aryl methyl sites for hydroxylation is 1. The van der Waals surface area contributed by atoms with Crippen molar-refractivity contribution in [1.29, 1.82) is 0 Å². The van der Waals surface area contributed by atoms with E-state index in [-0.39, 0.29) is 10.8 Å². The van der Waals surface area contributed by atoms with E-state index in [9.17, 15) is 13.2 Å². The van der Waals surface area contributed by atoms with Crippen LogP contribution < -0.4 is 5.32 Å². The van der Waals surface area contributed by atoms with Crippen LogP contribution in [0, 0.1) is 12.8 Å². The number of hydrogen-bond acceptors (Lipinski definition) is 5. The molecule has 0 unspecified atom stereocenters. The van der Waals surface area contributed by atoms with Crippen molar-refractivity contribution in [2.45, 2.75) is 62.7 Å². The zero-order valence-electron chi connectivity index (χ0n) is 15.4. The third-order valence-corrected chi connectivity index (χ3v) is 7.05. The minimum atomic E-state index is -3.79. The average Bonchev–Trinajstić information content (AvgIpc) is 3.12. The second-order valence-corrected chi connectivity index (χ2v) is 9.40. The lowest BCUT2D eigenvalue weighted by Gasteiger charge is -2.12. The van der Waals surface area contributed by atoms with Gasteiger partial charge in [-0.2, -0.15) is 8.42 Å². The van der Waals surface area contributed by atoms with Crippen LogP contribution in [-0.4, -0.2) is 28.5 Å². The first-order chi connectivity index (χ1) is 12.9. The molecular formula is C19H24N4O3S. The summed E-state index contributed by atoms with van der Waals surface area (Å²) in [5.74, 6) is 1.34. The number of anilines is 1. The first kappa shape index (κ1) is 18.2. The molecule has 1 amide bonds. The maximum Gasteiger partial charge on any atom is 0.284 e. The van der Waals surface area contributed by atoms with E-state index in [1.165, 1.54) is 25.2 Å². The summed E-state index contributed by atoms with van der Waals surface area (Å²) in [5.41, 5.74) is 1.18. The molecule has 144 valence electrons. The first-order valence-corrected chi connectivity index (χ1v) is 10.9. The van der Waals surface area contributed by atoms with Gasteiger partial charge in [0.15, 0.2) is 5.82 Å². The number of amides is 1. The molecule has 1 N–H and O–H groups in total. The topological polar surface area (TPSA) is 94.0 Å². The van der Waals surface area contributed by atoms with Gasteiger partial charge < -0.3 is 5.32 Å². The van der Waals surface area contributed by atoms with Gasteiger partial charge in [-0.05, 0) is 62.3 Å². The SMILES string of the molecule is Cc1cc(NC(=O)CC2CCCC2)ccc1S(=O)(=O)n1cnc(C2CC2)n1. The third kappa shape index (κ3) is 3.90. The zero-order chi connectivity index (χ0) is 19.0. The molecule has 1 aromatic heterocycles. The van der Waals surface area contributed by atoms with E-state index >= 15 is 0 Å². The van der Waals surface area contributed by atoms with Crippen LogP contribution in [0.3, 0.4) is 0 Å². The smallest absolute Gasteiger partial charge is 0.284 e. The molecule has 27 heavy (non-hydrogen) atoms. The standard InChI is InChI=1S/C19H24N4O3S/c1-13-10-16(21-18(24)11-14-4-2-3-5-14)8-9-17(13)27(25,26)23-12-20-19(22-23)15-6-7-15/h8-10,12,14-15H,2-7,11H2,1H3,(H,21,24). The fourth-order valence-corrected chi connectivity index (χ4v) is 4.98. The van der Waals surface area contributed by atoms with Gasteiger partial charge in [0.2, 0.25) is 5.91 Å². The Morgan fingerprint density at radius 1 is 1.22 bits per heavy atom. The summed E-state index contributed by atoms with van der Waals surface area (Å²) >= 11 is 0. The number of carbonyl (C=O) groups is 1. The second-order valence-electron chi connectivity index (χ2n) is 7.64. The van der Waals surface area contributed by atoms with Crippen molar-refractivity contribution in [1.82, 2.24) is 14.2 Å². The van der Waals surface area contributed by atoms with Gasteiger partial charge in [0.05, 0.1) is 4.90 Å². The van der Waals surface area contributed by atoms with Gasteiger partial charge in [-0.15, -0.1) is 9.19 Å². The molecule has 1 heterocycles. The van der Waals surface area contributed by atoms with Crippen LogP contribution in [-0.2, 0) is 14.8 Å². The van der Waals surface area contributed by atoms with Crippen LogP contribution in [0.4, 0.5) is 5.69 Å². The highest BCUT2D eigenvalue weighted by Gasteiger charge is 2.30. The van der Waals surface area contributed by atoms with E-state index in [0.717, 1.165) is 29.8 Å². The minimum absolute atomic E-state index is 0.0118. The molecule has 2 fully saturated rings. The fourth-order valence-electron chi connectivity index (χ4n) is 3.71. The second kappa shape index (κ2) is 7.07. The van der Waals surface area contributed by atoms with Gasteiger partial charge in [0.25, 0.3) is 10.0 Å². The highest BCUT2D eigenvalue weighted by Crippen LogP contribution is 2.38. The van der Waals surface area contributed by atoms with Crippen molar-refractivity contribution < 1.29 is 13.2 Å². The average molecular weight is 388 g/mol. The summed E-state index contributed by atoms with van der Waals surface area (Å²) in [6.45, 7) is 1.72. The summed E-state index contributed by atoms with van der Waals surface area (Å²) in [6, 6.07) is 4.84. The molecule has 4 rings (SSSR count). The van der Waals surface area contributed by atoms with Crippen molar-refractivity contribution >= 4 is 21.6 Å². The molecule has 7 nitrogen and oxygen atoms in total. The maximum absolute atomic E-state index is 12.8. The summed E-state index contributed by atoms with van der Waals surface area (Å²) in [6.07, 6.45) is 8.45. The molecule has 2 aromatic rings. The van der Waals surface area contributed by atoms with Crippen LogP contribution in [0.15, 0.2) is 29.4 Å². The summed E-state index contributed by atoms with van der Waals surface area (Å²) < 4.78 is 26.6. The molecule has 2 saturated carbocycles. The van der Waals surface area contributed by atoms with Crippen molar-refractivity contribution in [3.05, 3.63) is 35.9 Å². The number of nitrogens with one attached hydrogen (secondary N) is 1. The largest absolute Gasteiger partial charge is 0.326 e. The first-order valence-electron chi connectivity index (χ1n) is 9.51. The van der Waals surface area contributed by atoms with E-state index < -0.39 is 10.0 Å². The maximum atomic E-state index is 12.8. The van der Waals surface area contributed by atoms with Gasteiger partial charge in [-0.3, -0.25) is 4.79 Å². The highest BCUT2D eigenvalue weighted by molar-refractivity contribution is 7.89. The quantitative estimate of drug-likeness (QED) is 0.820. The number of rotatable bonds is 6. The summed E-state index contributed by atoms with van der Waals surface area (Å²) in [5, 5.41) is 7.02. The van der Waals surface area contributed by atoms with Crippen LogP contribution >= 0.6 is 0 Å². The van der Waals surface area contributed by atoms with Crippen LogP contribution in [0.2, 0.25) is 0 Å².